The van der Waals surface area contributed by atoms with Crippen molar-refractivity contribution < 1.29 is 18.0 Å². The van der Waals surface area contributed by atoms with Crippen molar-refractivity contribution in [2.45, 2.75) is 45.3 Å². The molecule has 1 amide bonds. The van der Waals surface area contributed by atoms with Gasteiger partial charge in [-0.15, -0.1) is 0 Å². The zero-order valence-corrected chi connectivity index (χ0v) is 15.2. The van der Waals surface area contributed by atoms with Crippen molar-refractivity contribution in [3.8, 4) is 0 Å². The van der Waals surface area contributed by atoms with Crippen LogP contribution in [-0.4, -0.2) is 11.9 Å². The first-order valence-electron chi connectivity index (χ1n) is 8.32. The minimum absolute atomic E-state index is 0.0167. The molecule has 6 heteroatoms. The zero-order valence-electron chi connectivity index (χ0n) is 15.2. The molecule has 0 saturated carbocycles. The summed E-state index contributed by atoms with van der Waals surface area (Å²) in [5.74, 6) is -0.540. The number of hydrogen-bond acceptors (Lipinski definition) is 2. The molecule has 140 valence electrons. The monoisotopic (exact) mass is 364 g/mol. The van der Waals surface area contributed by atoms with Crippen LogP contribution in [0.25, 0.3) is 0 Å². The van der Waals surface area contributed by atoms with Crippen LogP contribution in [0.5, 0.6) is 0 Å². The van der Waals surface area contributed by atoms with Gasteiger partial charge in [-0.2, -0.15) is 13.2 Å². The molecule has 3 nitrogen and oxygen atoms in total. The fourth-order valence-corrected chi connectivity index (χ4v) is 2.46. The van der Waals surface area contributed by atoms with Gasteiger partial charge in [0, 0.05) is 5.69 Å². The molecule has 0 saturated heterocycles. The van der Waals surface area contributed by atoms with Crippen LogP contribution in [0.3, 0.4) is 0 Å². The van der Waals surface area contributed by atoms with E-state index in [1.807, 2.05) is 24.3 Å². The highest BCUT2D eigenvalue weighted by Gasteiger charge is 2.33. The number of carbonyl (C=O) groups excluding carboxylic acids is 1. The molecular weight excluding hydrogens is 341 g/mol. The van der Waals surface area contributed by atoms with E-state index in [2.05, 4.69) is 31.4 Å². The first kappa shape index (κ1) is 19.8. The topological polar surface area (TPSA) is 41.1 Å². The molecule has 1 unspecified atom stereocenters. The first-order valence-corrected chi connectivity index (χ1v) is 8.32. The highest BCUT2D eigenvalue weighted by molar-refractivity contribution is 5.96. The third-order valence-corrected chi connectivity index (χ3v) is 4.02. The molecule has 0 aliphatic carbocycles. The Kier molecular flexibility index (Phi) is 5.64. The lowest BCUT2D eigenvalue weighted by Crippen LogP contribution is -2.32. The predicted octanol–water partition coefficient (Wildman–Crippen LogP) is 5.44. The summed E-state index contributed by atoms with van der Waals surface area (Å²) in [6, 6.07) is 11.9. The van der Waals surface area contributed by atoms with Crippen molar-refractivity contribution in [2.24, 2.45) is 0 Å². The third kappa shape index (κ3) is 5.00. The molecule has 0 fully saturated rings. The van der Waals surface area contributed by atoms with Gasteiger partial charge in [0.05, 0.1) is 11.3 Å². The molecule has 0 aromatic heterocycles. The number of anilines is 2. The number of amides is 1. The van der Waals surface area contributed by atoms with Crippen molar-refractivity contribution in [2.75, 3.05) is 10.6 Å². The lowest BCUT2D eigenvalue weighted by molar-refractivity contribution is -0.137. The van der Waals surface area contributed by atoms with Gasteiger partial charge in [0.15, 0.2) is 0 Å². The second-order valence-electron chi connectivity index (χ2n) is 7.23. The molecule has 0 aliphatic heterocycles. The highest BCUT2D eigenvalue weighted by Crippen LogP contribution is 2.34. The van der Waals surface area contributed by atoms with E-state index in [-0.39, 0.29) is 11.1 Å². The number of carbonyl (C=O) groups is 1. The Morgan fingerprint density at radius 3 is 2.08 bits per heavy atom. The average Bonchev–Trinajstić information content (AvgIpc) is 2.54. The van der Waals surface area contributed by atoms with E-state index < -0.39 is 23.7 Å². The van der Waals surface area contributed by atoms with Gasteiger partial charge in [0.25, 0.3) is 0 Å². The number of halogens is 3. The quantitative estimate of drug-likeness (QED) is 0.758. The summed E-state index contributed by atoms with van der Waals surface area (Å²) in [5, 5.41) is 5.36. The van der Waals surface area contributed by atoms with Crippen molar-refractivity contribution in [3.05, 3.63) is 59.7 Å². The first-order chi connectivity index (χ1) is 12.0. The largest absolute Gasteiger partial charge is 0.418 e. The number of benzene rings is 2. The summed E-state index contributed by atoms with van der Waals surface area (Å²) in [6.45, 7) is 7.90. The summed E-state index contributed by atoms with van der Waals surface area (Å²) in [5.41, 5.74) is 0.781. The fraction of sp³-hybridized carbons (Fsp3) is 0.350. The maximum atomic E-state index is 13.0. The molecule has 0 spiro atoms. The highest BCUT2D eigenvalue weighted by atomic mass is 19.4. The summed E-state index contributed by atoms with van der Waals surface area (Å²) < 4.78 is 39.0. The van der Waals surface area contributed by atoms with Crippen LogP contribution in [0, 0.1) is 0 Å². The molecule has 2 aromatic rings. The van der Waals surface area contributed by atoms with Crippen molar-refractivity contribution >= 4 is 17.3 Å². The van der Waals surface area contributed by atoms with Crippen LogP contribution in [0.15, 0.2) is 48.5 Å². The fourth-order valence-electron chi connectivity index (χ4n) is 2.46. The standard InChI is InChI=1S/C20H23F3N2O/c1-13(24-15-11-9-14(10-12-15)19(2,3)4)18(26)25-17-8-6-5-7-16(17)20(21,22)23/h5-13,24H,1-4H3,(H,25,26). The Balaban J connectivity index is 2.07. The Hall–Kier alpha value is -2.50. The SMILES string of the molecule is CC(Nc1ccc(C(C)(C)C)cc1)C(=O)Nc1ccccc1C(F)(F)F. The second-order valence-corrected chi connectivity index (χ2v) is 7.23. The minimum Gasteiger partial charge on any atom is -0.374 e. The number of rotatable bonds is 4. The Bertz CT molecular complexity index is 762. The molecule has 26 heavy (non-hydrogen) atoms. The third-order valence-electron chi connectivity index (χ3n) is 4.02. The van der Waals surface area contributed by atoms with Crippen molar-refractivity contribution in [3.63, 3.8) is 0 Å². The van der Waals surface area contributed by atoms with Gasteiger partial charge in [-0.3, -0.25) is 4.79 Å². The van der Waals surface area contributed by atoms with Crippen LogP contribution < -0.4 is 10.6 Å². The van der Waals surface area contributed by atoms with E-state index in [0.29, 0.717) is 0 Å². The van der Waals surface area contributed by atoms with Gasteiger partial charge in [-0.05, 0) is 42.2 Å². The predicted molar refractivity (Wildman–Crippen MR) is 98.3 cm³/mol. The van der Waals surface area contributed by atoms with E-state index >= 15 is 0 Å². The summed E-state index contributed by atoms with van der Waals surface area (Å²) in [4.78, 5) is 12.3. The normalized spacial score (nSPS) is 13.2. The van der Waals surface area contributed by atoms with Crippen LogP contribution in [0.2, 0.25) is 0 Å². The second kappa shape index (κ2) is 7.40. The zero-order chi connectivity index (χ0) is 19.5. The molecule has 2 N–H and O–H groups in total. The summed E-state index contributed by atoms with van der Waals surface area (Å²) in [6.07, 6.45) is -4.52. The molecule has 2 rings (SSSR count). The average molecular weight is 364 g/mol. The molecule has 0 radical (unpaired) electrons. The molecule has 0 heterocycles. The lowest BCUT2D eigenvalue weighted by atomic mass is 9.87. The van der Waals surface area contributed by atoms with Gasteiger partial charge < -0.3 is 10.6 Å². The van der Waals surface area contributed by atoms with E-state index in [1.165, 1.54) is 18.2 Å². The van der Waals surface area contributed by atoms with Crippen LogP contribution in [0.1, 0.15) is 38.8 Å². The minimum atomic E-state index is -4.52. The van der Waals surface area contributed by atoms with Gasteiger partial charge in [-0.1, -0.05) is 45.0 Å². The van der Waals surface area contributed by atoms with E-state index in [9.17, 15) is 18.0 Å². The Labute approximate surface area is 151 Å². The molecule has 0 aliphatic rings. The van der Waals surface area contributed by atoms with Crippen LogP contribution in [-0.2, 0) is 16.4 Å². The van der Waals surface area contributed by atoms with Gasteiger partial charge >= 0.3 is 6.18 Å². The molecule has 0 bridgehead atoms. The van der Waals surface area contributed by atoms with Gasteiger partial charge in [0.1, 0.15) is 6.04 Å². The van der Waals surface area contributed by atoms with E-state index in [4.69, 9.17) is 0 Å². The van der Waals surface area contributed by atoms with E-state index in [1.54, 1.807) is 6.92 Å². The van der Waals surface area contributed by atoms with E-state index in [0.717, 1.165) is 17.3 Å². The number of nitrogens with one attached hydrogen (secondary N) is 2. The number of hydrogen-bond donors (Lipinski definition) is 2. The van der Waals surface area contributed by atoms with Gasteiger partial charge in [0.2, 0.25) is 5.91 Å². The summed E-state index contributed by atoms with van der Waals surface area (Å²) >= 11 is 0. The summed E-state index contributed by atoms with van der Waals surface area (Å²) in [7, 11) is 0. The Morgan fingerprint density at radius 2 is 1.54 bits per heavy atom. The molecular formula is C20H23F3N2O. The lowest BCUT2D eigenvalue weighted by Gasteiger charge is -2.21. The molecule has 2 aromatic carbocycles. The maximum absolute atomic E-state index is 13.0. The van der Waals surface area contributed by atoms with Crippen molar-refractivity contribution in [1.82, 2.24) is 0 Å². The Morgan fingerprint density at radius 1 is 0.962 bits per heavy atom. The smallest absolute Gasteiger partial charge is 0.374 e. The van der Waals surface area contributed by atoms with Crippen molar-refractivity contribution in [1.29, 1.82) is 0 Å². The number of alkyl halides is 3. The molecule has 1 atom stereocenters. The maximum Gasteiger partial charge on any atom is 0.418 e. The van der Waals surface area contributed by atoms with Crippen LogP contribution in [0.4, 0.5) is 24.5 Å². The van der Waals surface area contributed by atoms with Crippen LogP contribution >= 0.6 is 0 Å². The van der Waals surface area contributed by atoms with Gasteiger partial charge in [-0.25, -0.2) is 0 Å². The number of para-hydroxylation sites is 1.